The van der Waals surface area contributed by atoms with Gasteiger partial charge in [0.15, 0.2) is 5.96 Å². The number of hydrogen-bond acceptors (Lipinski definition) is 5. The van der Waals surface area contributed by atoms with Crippen LogP contribution in [0.5, 0.6) is 5.75 Å². The first kappa shape index (κ1) is 24.4. The first-order chi connectivity index (χ1) is 14.4. The van der Waals surface area contributed by atoms with Crippen LogP contribution in [0.2, 0.25) is 0 Å². The predicted octanol–water partition coefficient (Wildman–Crippen LogP) is 1.59. The molecule has 8 nitrogen and oxygen atoms in total. The zero-order chi connectivity index (χ0) is 21.8. The summed E-state index contributed by atoms with van der Waals surface area (Å²) in [7, 11) is -1.71. The number of guanidine groups is 1. The summed E-state index contributed by atoms with van der Waals surface area (Å²) in [4.78, 5) is 4.40. The van der Waals surface area contributed by atoms with Crippen LogP contribution in [0.4, 0.5) is 0 Å². The Labute approximate surface area is 180 Å². The van der Waals surface area contributed by atoms with Crippen molar-refractivity contribution in [2.75, 3.05) is 45.6 Å². The van der Waals surface area contributed by atoms with E-state index in [1.165, 1.54) is 5.56 Å². The van der Waals surface area contributed by atoms with Crippen LogP contribution in [0.25, 0.3) is 0 Å². The Morgan fingerprint density at radius 3 is 2.83 bits per heavy atom. The molecule has 0 amide bonds. The van der Waals surface area contributed by atoms with Crippen molar-refractivity contribution in [2.45, 2.75) is 45.6 Å². The van der Waals surface area contributed by atoms with Crippen LogP contribution in [0, 0.1) is 6.92 Å². The maximum absolute atomic E-state index is 12.2. The van der Waals surface area contributed by atoms with Crippen LogP contribution in [-0.2, 0) is 21.2 Å². The number of hydrogen-bond donors (Lipinski definition) is 3. The van der Waals surface area contributed by atoms with E-state index in [2.05, 4.69) is 33.3 Å². The summed E-state index contributed by atoms with van der Waals surface area (Å²) in [5.74, 6) is 1.42. The van der Waals surface area contributed by atoms with Crippen molar-refractivity contribution in [2.24, 2.45) is 4.99 Å². The Morgan fingerprint density at radius 1 is 1.30 bits per heavy atom. The Hall–Kier alpha value is -1.84. The summed E-state index contributed by atoms with van der Waals surface area (Å²) >= 11 is 0. The number of methoxy groups -OCH3 is 1. The van der Waals surface area contributed by atoms with Crippen molar-refractivity contribution in [1.82, 2.24) is 15.4 Å². The fraction of sp³-hybridized carbons (Fsp3) is 0.667. The molecule has 1 aliphatic heterocycles. The molecule has 1 aromatic carbocycles. The molecular formula is C21H36N4O4S. The lowest BCUT2D eigenvalue weighted by molar-refractivity contribution is 0.0200. The van der Waals surface area contributed by atoms with E-state index in [0.29, 0.717) is 32.2 Å². The molecular weight excluding hydrogens is 404 g/mol. The van der Waals surface area contributed by atoms with E-state index >= 15 is 0 Å². The smallest absolute Gasteiger partial charge is 0.213 e. The quantitative estimate of drug-likeness (QED) is 0.357. The highest BCUT2D eigenvalue weighted by molar-refractivity contribution is 7.89. The van der Waals surface area contributed by atoms with Gasteiger partial charge < -0.3 is 20.1 Å². The summed E-state index contributed by atoms with van der Waals surface area (Å²) < 4.78 is 38.1. The van der Waals surface area contributed by atoms with Gasteiger partial charge in [0.1, 0.15) is 5.75 Å². The third-order valence-corrected chi connectivity index (χ3v) is 6.23. The van der Waals surface area contributed by atoms with Crippen molar-refractivity contribution >= 4 is 16.0 Å². The fourth-order valence-corrected chi connectivity index (χ4v) is 4.21. The maximum Gasteiger partial charge on any atom is 0.213 e. The van der Waals surface area contributed by atoms with Gasteiger partial charge in [0, 0.05) is 26.2 Å². The first-order valence-corrected chi connectivity index (χ1v) is 12.3. The molecule has 1 atom stereocenters. The van der Waals surface area contributed by atoms with Crippen LogP contribution in [0.1, 0.15) is 37.3 Å². The van der Waals surface area contributed by atoms with Gasteiger partial charge in [-0.2, -0.15) is 0 Å². The van der Waals surface area contributed by atoms with Gasteiger partial charge in [-0.05, 0) is 51.2 Å². The van der Waals surface area contributed by atoms with Gasteiger partial charge in [-0.1, -0.05) is 17.7 Å². The average molecular weight is 441 g/mol. The minimum atomic E-state index is -3.38. The highest BCUT2D eigenvalue weighted by atomic mass is 32.2. The van der Waals surface area contributed by atoms with Gasteiger partial charge >= 0.3 is 0 Å². The van der Waals surface area contributed by atoms with Crippen LogP contribution in [0.15, 0.2) is 23.2 Å². The summed E-state index contributed by atoms with van der Waals surface area (Å²) in [6.07, 6.45) is 3.80. The fourth-order valence-electron chi connectivity index (χ4n) is 3.30. The second-order valence-corrected chi connectivity index (χ2v) is 9.34. The zero-order valence-electron chi connectivity index (χ0n) is 18.4. The van der Waals surface area contributed by atoms with E-state index in [1.807, 2.05) is 19.1 Å². The second kappa shape index (κ2) is 12.8. The van der Waals surface area contributed by atoms with Crippen molar-refractivity contribution in [3.63, 3.8) is 0 Å². The number of ether oxygens (including phenoxy) is 2. The van der Waals surface area contributed by atoms with E-state index in [1.54, 1.807) is 7.11 Å². The second-order valence-electron chi connectivity index (χ2n) is 7.41. The topological polar surface area (TPSA) is 101 Å². The van der Waals surface area contributed by atoms with Gasteiger partial charge in [-0.25, -0.2) is 13.1 Å². The number of rotatable bonds is 11. The Morgan fingerprint density at radius 2 is 2.13 bits per heavy atom. The van der Waals surface area contributed by atoms with Crippen molar-refractivity contribution in [1.29, 1.82) is 0 Å². The molecule has 0 aromatic heterocycles. The lowest BCUT2D eigenvalue weighted by Gasteiger charge is -2.22. The predicted molar refractivity (Wildman–Crippen MR) is 121 cm³/mol. The lowest BCUT2D eigenvalue weighted by Crippen LogP contribution is -2.39. The van der Waals surface area contributed by atoms with Crippen molar-refractivity contribution < 1.29 is 17.9 Å². The molecule has 1 fully saturated rings. The normalized spacial score (nSPS) is 17.6. The third kappa shape index (κ3) is 8.89. The molecule has 0 aliphatic carbocycles. The SMILES string of the molecule is CCNC(=NCCS(=O)(=O)NCC1CCCCO1)NCCc1cc(C)ccc1OC. The Kier molecular flexibility index (Phi) is 10.4. The first-order valence-electron chi connectivity index (χ1n) is 10.7. The van der Waals surface area contributed by atoms with E-state index < -0.39 is 10.0 Å². The van der Waals surface area contributed by atoms with E-state index in [4.69, 9.17) is 9.47 Å². The number of benzene rings is 1. The number of sulfonamides is 1. The van der Waals surface area contributed by atoms with E-state index in [0.717, 1.165) is 37.0 Å². The standard InChI is InChI=1S/C21H36N4O4S/c1-4-22-21(23-11-10-18-15-17(2)8-9-20(18)28-3)24-12-14-30(26,27)25-16-19-7-5-6-13-29-19/h8-9,15,19,25H,4-7,10-14,16H2,1-3H3,(H2,22,23,24). The molecule has 1 aromatic rings. The van der Waals surface area contributed by atoms with Gasteiger partial charge in [-0.15, -0.1) is 0 Å². The lowest BCUT2D eigenvalue weighted by atomic mass is 10.1. The number of nitrogens with one attached hydrogen (secondary N) is 3. The molecule has 30 heavy (non-hydrogen) atoms. The van der Waals surface area contributed by atoms with Crippen LogP contribution >= 0.6 is 0 Å². The third-order valence-electron chi connectivity index (χ3n) is 4.90. The van der Waals surface area contributed by atoms with E-state index in [9.17, 15) is 8.42 Å². The highest BCUT2D eigenvalue weighted by Gasteiger charge is 2.17. The zero-order valence-corrected chi connectivity index (χ0v) is 19.2. The van der Waals surface area contributed by atoms with Crippen molar-refractivity contribution in [3.05, 3.63) is 29.3 Å². The molecule has 1 aliphatic rings. The molecule has 0 radical (unpaired) electrons. The van der Waals surface area contributed by atoms with Crippen LogP contribution in [0.3, 0.4) is 0 Å². The van der Waals surface area contributed by atoms with Crippen molar-refractivity contribution in [3.8, 4) is 5.75 Å². The number of nitrogens with zero attached hydrogens (tertiary/aromatic N) is 1. The van der Waals surface area contributed by atoms with Gasteiger partial charge in [-0.3, -0.25) is 4.99 Å². The molecule has 1 heterocycles. The number of aliphatic imine (C=N–C) groups is 1. The molecule has 0 bridgehead atoms. The molecule has 1 unspecified atom stereocenters. The van der Waals surface area contributed by atoms with Crippen LogP contribution in [-0.4, -0.2) is 66.1 Å². The molecule has 170 valence electrons. The average Bonchev–Trinajstić information content (AvgIpc) is 2.73. The maximum atomic E-state index is 12.2. The van der Waals surface area contributed by atoms with Gasteiger partial charge in [0.25, 0.3) is 0 Å². The molecule has 0 spiro atoms. The summed E-state index contributed by atoms with van der Waals surface area (Å²) in [5.41, 5.74) is 2.31. The van der Waals surface area contributed by atoms with Crippen LogP contribution < -0.4 is 20.1 Å². The van der Waals surface area contributed by atoms with Gasteiger partial charge in [0.05, 0.1) is 25.5 Å². The molecule has 9 heteroatoms. The summed E-state index contributed by atoms with van der Waals surface area (Å²) in [6.45, 7) is 6.62. The highest BCUT2D eigenvalue weighted by Crippen LogP contribution is 2.19. The Balaban J connectivity index is 1.79. The molecule has 0 saturated carbocycles. The molecule has 2 rings (SSSR count). The minimum absolute atomic E-state index is 0.0189. The number of aryl methyl sites for hydroxylation is 1. The summed E-state index contributed by atoms with van der Waals surface area (Å²) in [6, 6.07) is 6.11. The largest absolute Gasteiger partial charge is 0.496 e. The molecule has 1 saturated heterocycles. The van der Waals surface area contributed by atoms with Gasteiger partial charge in [0.2, 0.25) is 10.0 Å². The molecule has 3 N–H and O–H groups in total. The summed E-state index contributed by atoms with van der Waals surface area (Å²) in [5, 5.41) is 6.41. The minimum Gasteiger partial charge on any atom is -0.496 e. The monoisotopic (exact) mass is 440 g/mol. The Bertz CT molecular complexity index is 777. The van der Waals surface area contributed by atoms with E-state index in [-0.39, 0.29) is 18.4 Å².